The molecule has 426 valence electrons. The van der Waals surface area contributed by atoms with Crippen LogP contribution in [0.5, 0.6) is 0 Å². The summed E-state index contributed by atoms with van der Waals surface area (Å²) < 4.78 is 49.1. The van der Waals surface area contributed by atoms with Crippen molar-refractivity contribution >= 4 is 11.8 Å². The van der Waals surface area contributed by atoms with Gasteiger partial charge in [0.15, 0.2) is 30.7 Å². The number of ketones is 1. The third kappa shape index (κ3) is 9.25. The Morgan fingerprint density at radius 1 is 0.693 bits per heavy atom. The molecular formula is C54H84O21. The molecule has 3 saturated heterocycles. The lowest BCUT2D eigenvalue weighted by atomic mass is 9.33. The van der Waals surface area contributed by atoms with Gasteiger partial charge in [0, 0.05) is 10.8 Å². The molecule has 7 fully saturated rings. The van der Waals surface area contributed by atoms with Crippen LogP contribution >= 0.6 is 0 Å². The van der Waals surface area contributed by atoms with Gasteiger partial charge < -0.3 is 94.1 Å². The van der Waals surface area contributed by atoms with Crippen LogP contribution in [-0.4, -0.2) is 192 Å². The average molecular weight is 1070 g/mol. The van der Waals surface area contributed by atoms with E-state index in [0.29, 0.717) is 12.8 Å². The summed E-state index contributed by atoms with van der Waals surface area (Å²) in [4.78, 5) is 25.3. The fourth-order valence-electron chi connectivity index (χ4n) is 16.3. The van der Waals surface area contributed by atoms with E-state index in [-0.39, 0.29) is 81.3 Å². The number of aliphatic carboxylic acids is 1. The number of carboxylic acids is 1. The standard InChI is InChI=1S/C54H84O21/c1-23-34(58)27(57)18-33(68-23)71-32-20-49(3,4)19-26-25-10-11-30-51(6)14-13-31(52(7,22-56)29(51)12-15-54(30,9)53(25,8)17-16-50(26,32)5)72-48-44(40(64)39(63)42(73-48)45(66)67)75-47-43(38(62)36(60)28(21-55)70-47)74-46-41(65)37(61)35(59)24(2)69-46/h10,24,26,28-33,35-44,46-48,55-56,58-65H,11-22H2,1-9H3,(H,66,67). The molecule has 4 heterocycles. The minimum Gasteiger partial charge on any atom is -0.502 e. The van der Waals surface area contributed by atoms with Gasteiger partial charge in [-0.3, -0.25) is 4.79 Å². The van der Waals surface area contributed by atoms with Gasteiger partial charge in [0.1, 0.15) is 66.8 Å². The zero-order valence-corrected chi connectivity index (χ0v) is 44.7. The topological polar surface area (TPSA) is 331 Å². The van der Waals surface area contributed by atoms with E-state index in [1.807, 2.05) is 6.92 Å². The number of carboxylic acid groups (broad SMARTS) is 1. The molecule has 5 aliphatic carbocycles. The van der Waals surface area contributed by atoms with Crippen molar-refractivity contribution in [3.63, 3.8) is 0 Å². The molecule has 0 aromatic rings. The molecule has 21 nitrogen and oxygen atoms in total. The van der Waals surface area contributed by atoms with Crippen LogP contribution in [0.25, 0.3) is 0 Å². The smallest absolute Gasteiger partial charge is 0.335 e. The first kappa shape index (κ1) is 57.3. The molecule has 0 amide bonds. The van der Waals surface area contributed by atoms with Crippen molar-refractivity contribution in [2.24, 2.45) is 50.2 Å². The minimum absolute atomic E-state index is 0.0493. The van der Waals surface area contributed by atoms with Gasteiger partial charge in [-0.2, -0.15) is 0 Å². The Labute approximate surface area is 438 Å². The molecule has 0 bridgehead atoms. The highest BCUT2D eigenvalue weighted by Gasteiger charge is 2.70. The SMILES string of the molecule is CC1=C(O)C(=O)CC(OC2CC(C)(C)CC3C4=CCC5C6(C)CCC(OC7OC(C(=O)O)C(O)C(O)C7OC7OC(CO)C(O)C(O)C7OC7OC(C)C(O)C(O)C7O)C(C)(CO)C6CCC5(C)C4(C)CCC23C)O1. The maximum Gasteiger partial charge on any atom is 0.335 e. The van der Waals surface area contributed by atoms with Crippen LogP contribution in [0.3, 0.4) is 0 Å². The lowest BCUT2D eigenvalue weighted by Gasteiger charge is -2.72. The number of aliphatic hydroxyl groups is 10. The second-order valence-corrected chi connectivity index (χ2v) is 25.8. The number of carbonyl (C=O) groups is 2. The number of aliphatic hydroxyl groups excluding tert-OH is 10. The lowest BCUT2D eigenvalue weighted by Crippen LogP contribution is -2.68. The quantitative estimate of drug-likeness (QED) is 0.104. The van der Waals surface area contributed by atoms with E-state index in [9.17, 15) is 65.8 Å². The van der Waals surface area contributed by atoms with Crippen molar-refractivity contribution in [1.82, 2.24) is 0 Å². The Hall–Kier alpha value is -2.42. The molecule has 11 N–H and O–H groups in total. The van der Waals surface area contributed by atoms with E-state index in [0.717, 1.165) is 44.9 Å². The summed E-state index contributed by atoms with van der Waals surface area (Å²) in [6.45, 7) is 17.9. The molecular weight excluding hydrogens is 985 g/mol. The van der Waals surface area contributed by atoms with Crippen LogP contribution in [-0.2, 0) is 47.5 Å². The van der Waals surface area contributed by atoms with Crippen molar-refractivity contribution in [3.8, 4) is 0 Å². The monoisotopic (exact) mass is 1070 g/mol. The van der Waals surface area contributed by atoms with Crippen LogP contribution in [0.4, 0.5) is 0 Å². The van der Waals surface area contributed by atoms with Gasteiger partial charge in [0.25, 0.3) is 0 Å². The van der Waals surface area contributed by atoms with E-state index in [1.54, 1.807) is 6.92 Å². The zero-order chi connectivity index (χ0) is 54.9. The van der Waals surface area contributed by atoms with Gasteiger partial charge in [-0.25, -0.2) is 4.79 Å². The number of Topliss-reactive ketones (excluding diaryl/α,β-unsaturated/α-hetero) is 1. The second-order valence-electron chi connectivity index (χ2n) is 25.8. The molecule has 21 heteroatoms. The molecule has 0 radical (unpaired) electrons. The maximum absolute atomic E-state index is 12.7. The van der Waals surface area contributed by atoms with Crippen molar-refractivity contribution < 1.29 is 104 Å². The normalized spacial score (nSPS) is 52.9. The highest BCUT2D eigenvalue weighted by molar-refractivity contribution is 5.94. The maximum atomic E-state index is 12.7. The predicted octanol–water partition coefficient (Wildman–Crippen LogP) is 1.83. The number of hydrogen-bond donors (Lipinski definition) is 11. The molecule has 4 aliphatic heterocycles. The predicted molar refractivity (Wildman–Crippen MR) is 259 cm³/mol. The van der Waals surface area contributed by atoms with Crippen molar-refractivity contribution in [2.45, 2.75) is 237 Å². The number of fused-ring (bicyclic) bond motifs is 7. The molecule has 9 rings (SSSR count). The summed E-state index contributed by atoms with van der Waals surface area (Å²) in [6, 6.07) is 0. The first-order valence-corrected chi connectivity index (χ1v) is 27.1. The molecule has 0 spiro atoms. The van der Waals surface area contributed by atoms with E-state index < -0.39 is 123 Å². The summed E-state index contributed by atoms with van der Waals surface area (Å²) in [7, 11) is 0. The molecule has 26 atom stereocenters. The number of allylic oxidation sites excluding steroid dienone is 4. The number of ether oxygens (including phenoxy) is 8. The van der Waals surface area contributed by atoms with Crippen LogP contribution < -0.4 is 0 Å². The Kier molecular flexibility index (Phi) is 15.5. The van der Waals surface area contributed by atoms with Crippen molar-refractivity contribution in [2.75, 3.05) is 13.2 Å². The number of carbonyl (C=O) groups excluding carboxylic acids is 1. The Bertz CT molecular complexity index is 2210. The zero-order valence-electron chi connectivity index (χ0n) is 44.7. The van der Waals surface area contributed by atoms with E-state index in [4.69, 9.17) is 37.9 Å². The summed E-state index contributed by atoms with van der Waals surface area (Å²) in [5.41, 5.74) is -0.538. The van der Waals surface area contributed by atoms with Gasteiger partial charge in [-0.05, 0) is 111 Å². The molecule has 75 heavy (non-hydrogen) atoms. The highest BCUT2D eigenvalue weighted by atomic mass is 16.8. The molecule has 0 aromatic heterocycles. The molecule has 9 aliphatic rings. The summed E-state index contributed by atoms with van der Waals surface area (Å²) >= 11 is 0. The number of rotatable bonds is 11. The largest absolute Gasteiger partial charge is 0.502 e. The van der Waals surface area contributed by atoms with Crippen molar-refractivity contribution in [1.29, 1.82) is 0 Å². The van der Waals surface area contributed by atoms with Crippen LogP contribution in [0.15, 0.2) is 23.2 Å². The average Bonchev–Trinajstić information content (AvgIpc) is 3.35. The van der Waals surface area contributed by atoms with Crippen LogP contribution in [0.2, 0.25) is 0 Å². The number of hydrogen-bond acceptors (Lipinski definition) is 20. The summed E-state index contributed by atoms with van der Waals surface area (Å²) in [6.07, 6.45) is -19.0. The van der Waals surface area contributed by atoms with Gasteiger partial charge >= 0.3 is 5.97 Å². The Morgan fingerprint density at radius 2 is 1.35 bits per heavy atom. The van der Waals surface area contributed by atoms with E-state index in [1.165, 1.54) is 12.5 Å². The van der Waals surface area contributed by atoms with Crippen molar-refractivity contribution in [3.05, 3.63) is 23.2 Å². The van der Waals surface area contributed by atoms with Gasteiger partial charge in [0.05, 0.1) is 37.9 Å². The van der Waals surface area contributed by atoms with Crippen LogP contribution in [0.1, 0.15) is 127 Å². The van der Waals surface area contributed by atoms with Gasteiger partial charge in [-0.15, -0.1) is 0 Å². The minimum atomic E-state index is -2.09. The van der Waals surface area contributed by atoms with Crippen LogP contribution in [0, 0.1) is 50.2 Å². The molecule has 26 unspecified atom stereocenters. The highest BCUT2D eigenvalue weighted by Crippen LogP contribution is 2.76. The van der Waals surface area contributed by atoms with Gasteiger partial charge in [0.2, 0.25) is 12.1 Å². The summed E-state index contributed by atoms with van der Waals surface area (Å²) in [5.74, 6) is -1.94. The third-order valence-electron chi connectivity index (χ3n) is 21.0. The molecule has 4 saturated carbocycles. The third-order valence-corrected chi connectivity index (χ3v) is 21.0. The fraction of sp³-hybridized carbons (Fsp3) is 0.889. The Balaban J connectivity index is 0.980. The fourth-order valence-corrected chi connectivity index (χ4v) is 16.3. The van der Waals surface area contributed by atoms with E-state index >= 15 is 0 Å². The lowest BCUT2D eigenvalue weighted by molar-refractivity contribution is -0.396. The first-order chi connectivity index (χ1) is 35.0. The first-order valence-electron chi connectivity index (χ1n) is 27.1. The molecule has 0 aromatic carbocycles. The van der Waals surface area contributed by atoms with E-state index in [2.05, 4.69) is 47.6 Å². The summed E-state index contributed by atoms with van der Waals surface area (Å²) in [5, 5.41) is 119. The Morgan fingerprint density at radius 3 is 1.99 bits per heavy atom. The van der Waals surface area contributed by atoms with Gasteiger partial charge in [-0.1, -0.05) is 60.1 Å². The second kappa shape index (κ2) is 20.3.